The summed E-state index contributed by atoms with van der Waals surface area (Å²) in [6.07, 6.45) is 3.11. The zero-order valence-electron chi connectivity index (χ0n) is 11.1. The summed E-state index contributed by atoms with van der Waals surface area (Å²) in [7, 11) is 0. The van der Waals surface area contributed by atoms with Gasteiger partial charge in [0.25, 0.3) is 5.91 Å². The normalized spacial score (nSPS) is 17.7. The van der Waals surface area contributed by atoms with E-state index in [0.717, 1.165) is 30.5 Å². The van der Waals surface area contributed by atoms with E-state index in [1.807, 2.05) is 11.0 Å². The minimum Gasteiger partial charge on any atom is -0.481 e. The third kappa shape index (κ3) is 2.21. The van der Waals surface area contributed by atoms with Gasteiger partial charge in [0, 0.05) is 24.7 Å². The topological polar surface area (TPSA) is 96.5 Å². The van der Waals surface area contributed by atoms with Crippen molar-refractivity contribution in [3.63, 3.8) is 0 Å². The Bertz CT molecular complexity index is 579. The molecule has 0 aromatic carbocycles. The van der Waals surface area contributed by atoms with E-state index in [1.165, 1.54) is 0 Å². The Morgan fingerprint density at radius 1 is 1.40 bits per heavy atom. The molecule has 6 heteroatoms. The Hall–Kier alpha value is -2.11. The van der Waals surface area contributed by atoms with Crippen molar-refractivity contribution in [1.29, 1.82) is 0 Å². The highest BCUT2D eigenvalue weighted by Crippen LogP contribution is 2.31. The Labute approximate surface area is 116 Å². The van der Waals surface area contributed by atoms with Gasteiger partial charge in [-0.15, -0.1) is 0 Å². The van der Waals surface area contributed by atoms with Crippen LogP contribution in [0.1, 0.15) is 34.5 Å². The van der Waals surface area contributed by atoms with Crippen molar-refractivity contribution in [3.05, 3.63) is 22.9 Å². The number of primary amides is 1. The van der Waals surface area contributed by atoms with Gasteiger partial charge in [-0.05, 0) is 30.9 Å². The standard InChI is InChI=1S/C14H17N3O3/c15-13(20)10-5-9-2-1-3-11(9)16-14(10)17-6-8(7-17)4-12(18)19/h5,8H,1-4,6-7H2,(H2,15,20)(H,18,19). The number of hydrogen-bond acceptors (Lipinski definition) is 4. The fourth-order valence-corrected chi connectivity index (χ4v) is 3.00. The number of fused-ring (bicyclic) bond motifs is 1. The van der Waals surface area contributed by atoms with Crippen molar-refractivity contribution in [3.8, 4) is 0 Å². The Kier molecular flexibility index (Phi) is 3.08. The fraction of sp³-hybridized carbons (Fsp3) is 0.500. The number of pyridine rings is 1. The minimum atomic E-state index is -0.785. The molecule has 6 nitrogen and oxygen atoms in total. The summed E-state index contributed by atoms with van der Waals surface area (Å²) in [6.45, 7) is 1.25. The first-order valence-electron chi connectivity index (χ1n) is 6.84. The predicted octanol–water partition coefficient (Wildman–Crippen LogP) is 0.580. The van der Waals surface area contributed by atoms with Crippen molar-refractivity contribution in [2.45, 2.75) is 25.7 Å². The number of nitrogens with two attached hydrogens (primary N) is 1. The lowest BCUT2D eigenvalue weighted by molar-refractivity contribution is -0.138. The van der Waals surface area contributed by atoms with Gasteiger partial charge in [0.2, 0.25) is 0 Å². The average Bonchev–Trinajstić information content (AvgIpc) is 2.78. The van der Waals surface area contributed by atoms with Gasteiger partial charge in [-0.2, -0.15) is 0 Å². The summed E-state index contributed by atoms with van der Waals surface area (Å²) in [5.74, 6) is -0.501. The van der Waals surface area contributed by atoms with Crippen LogP contribution >= 0.6 is 0 Å². The number of carbonyl (C=O) groups is 2. The third-order valence-corrected chi connectivity index (χ3v) is 4.02. The summed E-state index contributed by atoms with van der Waals surface area (Å²) in [4.78, 5) is 28.8. The molecule has 1 fully saturated rings. The van der Waals surface area contributed by atoms with E-state index >= 15 is 0 Å². The number of carboxylic acids is 1. The molecule has 0 spiro atoms. The number of nitrogens with zero attached hydrogens (tertiary/aromatic N) is 2. The number of aryl methyl sites for hydroxylation is 2. The van der Waals surface area contributed by atoms with Crippen molar-refractivity contribution >= 4 is 17.7 Å². The van der Waals surface area contributed by atoms with Gasteiger partial charge >= 0.3 is 5.97 Å². The lowest BCUT2D eigenvalue weighted by Gasteiger charge is -2.40. The first-order chi connectivity index (χ1) is 9.54. The number of aliphatic carboxylic acids is 1. The Balaban J connectivity index is 1.83. The fourth-order valence-electron chi connectivity index (χ4n) is 3.00. The Morgan fingerprint density at radius 3 is 2.80 bits per heavy atom. The summed E-state index contributed by atoms with van der Waals surface area (Å²) in [5, 5.41) is 8.77. The van der Waals surface area contributed by atoms with Crippen molar-refractivity contribution < 1.29 is 14.7 Å². The van der Waals surface area contributed by atoms with Crippen LogP contribution in [0.2, 0.25) is 0 Å². The van der Waals surface area contributed by atoms with Crippen LogP contribution in [-0.2, 0) is 17.6 Å². The van der Waals surface area contributed by atoms with Crippen LogP contribution < -0.4 is 10.6 Å². The van der Waals surface area contributed by atoms with Gasteiger partial charge < -0.3 is 15.7 Å². The summed E-state index contributed by atoms with van der Waals surface area (Å²) in [6, 6.07) is 1.86. The van der Waals surface area contributed by atoms with E-state index in [0.29, 0.717) is 24.5 Å². The smallest absolute Gasteiger partial charge is 0.303 e. The molecule has 1 aliphatic carbocycles. The molecule has 0 atom stereocenters. The van der Waals surface area contributed by atoms with E-state index in [-0.39, 0.29) is 12.3 Å². The molecule has 20 heavy (non-hydrogen) atoms. The Morgan fingerprint density at radius 2 is 2.15 bits per heavy atom. The maximum absolute atomic E-state index is 11.6. The molecule has 0 saturated carbocycles. The summed E-state index contributed by atoms with van der Waals surface area (Å²) < 4.78 is 0. The highest BCUT2D eigenvalue weighted by atomic mass is 16.4. The largest absolute Gasteiger partial charge is 0.481 e. The van der Waals surface area contributed by atoms with E-state index in [1.54, 1.807) is 0 Å². The van der Waals surface area contributed by atoms with Crippen molar-refractivity contribution in [2.24, 2.45) is 11.7 Å². The van der Waals surface area contributed by atoms with Gasteiger partial charge in [0.05, 0.1) is 12.0 Å². The molecule has 3 N–H and O–H groups in total. The first-order valence-corrected chi connectivity index (χ1v) is 6.84. The van der Waals surface area contributed by atoms with Gasteiger partial charge in [-0.25, -0.2) is 4.98 Å². The number of carboxylic acid groups (broad SMARTS) is 1. The zero-order chi connectivity index (χ0) is 14.3. The van der Waals surface area contributed by atoms with Gasteiger partial charge in [0.1, 0.15) is 5.82 Å². The molecular formula is C14H17N3O3. The second-order valence-corrected chi connectivity index (χ2v) is 5.55. The molecule has 1 aliphatic heterocycles. The van der Waals surface area contributed by atoms with Crippen molar-refractivity contribution in [2.75, 3.05) is 18.0 Å². The lowest BCUT2D eigenvalue weighted by atomic mass is 9.95. The van der Waals surface area contributed by atoms with E-state index in [4.69, 9.17) is 10.8 Å². The van der Waals surface area contributed by atoms with Crippen LogP contribution in [0, 0.1) is 5.92 Å². The molecule has 0 bridgehead atoms. The molecule has 1 amide bonds. The maximum Gasteiger partial charge on any atom is 0.303 e. The molecular weight excluding hydrogens is 258 g/mol. The van der Waals surface area contributed by atoms with Gasteiger partial charge in [-0.1, -0.05) is 0 Å². The number of carbonyl (C=O) groups excluding carboxylic acids is 1. The van der Waals surface area contributed by atoms with Crippen LogP contribution in [0.3, 0.4) is 0 Å². The molecule has 0 radical (unpaired) electrons. The van der Waals surface area contributed by atoms with E-state index < -0.39 is 11.9 Å². The second-order valence-electron chi connectivity index (χ2n) is 5.55. The van der Waals surface area contributed by atoms with Crippen LogP contribution in [0.25, 0.3) is 0 Å². The number of hydrogen-bond donors (Lipinski definition) is 2. The molecule has 106 valence electrons. The van der Waals surface area contributed by atoms with Crippen LogP contribution in [0.5, 0.6) is 0 Å². The molecule has 1 aromatic heterocycles. The van der Waals surface area contributed by atoms with Crippen molar-refractivity contribution in [1.82, 2.24) is 4.98 Å². The molecule has 2 aliphatic rings. The molecule has 1 aromatic rings. The maximum atomic E-state index is 11.6. The van der Waals surface area contributed by atoms with Gasteiger partial charge in [-0.3, -0.25) is 9.59 Å². The number of anilines is 1. The number of aromatic nitrogens is 1. The third-order valence-electron chi connectivity index (χ3n) is 4.02. The number of amides is 1. The molecule has 2 heterocycles. The highest BCUT2D eigenvalue weighted by Gasteiger charge is 2.32. The van der Waals surface area contributed by atoms with E-state index in [9.17, 15) is 9.59 Å². The molecule has 0 unspecified atom stereocenters. The summed E-state index contributed by atoms with van der Waals surface area (Å²) in [5.41, 5.74) is 8.06. The SMILES string of the molecule is NC(=O)c1cc2c(nc1N1CC(CC(=O)O)C1)CCC2. The monoisotopic (exact) mass is 275 g/mol. The summed E-state index contributed by atoms with van der Waals surface area (Å²) >= 11 is 0. The average molecular weight is 275 g/mol. The van der Waals surface area contributed by atoms with E-state index in [2.05, 4.69) is 4.98 Å². The zero-order valence-corrected chi connectivity index (χ0v) is 11.1. The van der Waals surface area contributed by atoms with Crippen LogP contribution in [0.4, 0.5) is 5.82 Å². The molecule has 3 rings (SSSR count). The van der Waals surface area contributed by atoms with Crippen LogP contribution in [-0.4, -0.2) is 35.1 Å². The quantitative estimate of drug-likeness (QED) is 0.838. The predicted molar refractivity (Wildman–Crippen MR) is 72.7 cm³/mol. The first kappa shape index (κ1) is 12.9. The van der Waals surface area contributed by atoms with Crippen LogP contribution in [0.15, 0.2) is 6.07 Å². The highest BCUT2D eigenvalue weighted by molar-refractivity contribution is 5.98. The number of rotatable bonds is 4. The van der Waals surface area contributed by atoms with Gasteiger partial charge in [0.15, 0.2) is 0 Å². The lowest BCUT2D eigenvalue weighted by Crippen LogP contribution is -2.48. The molecule has 1 saturated heterocycles. The second kappa shape index (κ2) is 4.77. The minimum absolute atomic E-state index is 0.128.